The minimum Gasteiger partial charge on any atom is -0.508 e. The average molecular weight is 531 g/mol. The van der Waals surface area contributed by atoms with Crippen LogP contribution in [0, 0.1) is 0 Å². The number of aromatic carboxylic acids is 1. The van der Waals surface area contributed by atoms with Crippen LogP contribution in [-0.4, -0.2) is 27.3 Å². The molecule has 0 unspecified atom stereocenters. The molecule has 6 heteroatoms. The lowest BCUT2D eigenvalue weighted by atomic mass is 9.73. The molecule has 0 aromatic heterocycles. The van der Waals surface area contributed by atoms with E-state index in [1.165, 1.54) is 6.07 Å². The van der Waals surface area contributed by atoms with Crippen LogP contribution in [0.1, 0.15) is 113 Å². The van der Waals surface area contributed by atoms with Gasteiger partial charge in [0.2, 0.25) is 0 Å². The van der Waals surface area contributed by atoms with Crippen LogP contribution in [0.5, 0.6) is 11.5 Å². The van der Waals surface area contributed by atoms with Crippen molar-refractivity contribution in [1.82, 2.24) is 0 Å². The molecule has 0 atom stereocenters. The summed E-state index contributed by atoms with van der Waals surface area (Å²) in [6.07, 6.45) is 5.75. The first-order valence-electron chi connectivity index (χ1n) is 14.0. The molecule has 6 nitrogen and oxygen atoms in total. The van der Waals surface area contributed by atoms with Crippen LogP contribution in [0.2, 0.25) is 0 Å². The predicted molar refractivity (Wildman–Crippen MR) is 151 cm³/mol. The number of hydrogen-bond donors (Lipinski definition) is 3. The third kappa shape index (κ3) is 4.88. The largest absolute Gasteiger partial charge is 0.508 e. The van der Waals surface area contributed by atoms with Crippen LogP contribution in [-0.2, 0) is 36.0 Å². The minimum absolute atomic E-state index is 0.0464. The van der Waals surface area contributed by atoms with Crippen LogP contribution in [0.25, 0.3) is 0 Å². The van der Waals surface area contributed by atoms with E-state index in [2.05, 4.69) is 0 Å². The van der Waals surface area contributed by atoms with Gasteiger partial charge in [-0.15, -0.1) is 0 Å². The van der Waals surface area contributed by atoms with Crippen molar-refractivity contribution in [3.05, 3.63) is 92.5 Å². The average Bonchev–Trinajstić information content (AvgIpc) is 3.20. The minimum atomic E-state index is -1.43. The summed E-state index contributed by atoms with van der Waals surface area (Å²) in [6.45, 7) is 8.17. The Morgan fingerprint density at radius 2 is 1.18 bits per heavy atom. The summed E-state index contributed by atoms with van der Waals surface area (Å²) in [4.78, 5) is 25.9. The van der Waals surface area contributed by atoms with E-state index in [1.807, 2.05) is 39.8 Å². The van der Waals surface area contributed by atoms with Crippen molar-refractivity contribution < 1.29 is 29.6 Å². The molecule has 0 amide bonds. The zero-order chi connectivity index (χ0) is 28.3. The van der Waals surface area contributed by atoms with Gasteiger partial charge in [-0.05, 0) is 78.3 Å². The number of phenolic OH excluding ortho intramolecular Hbond substituents is 2. The lowest BCUT2D eigenvalue weighted by Crippen LogP contribution is -2.32. The summed E-state index contributed by atoms with van der Waals surface area (Å²) in [5.41, 5.74) is 3.61. The molecule has 3 N–H and O–H groups in total. The van der Waals surface area contributed by atoms with Crippen LogP contribution < -0.4 is 0 Å². The number of phenols is 2. The quantitative estimate of drug-likeness (QED) is 0.229. The predicted octanol–water partition coefficient (Wildman–Crippen LogP) is 7.07. The molecule has 0 radical (unpaired) electrons. The van der Waals surface area contributed by atoms with Crippen molar-refractivity contribution in [3.8, 4) is 11.5 Å². The van der Waals surface area contributed by atoms with Gasteiger partial charge in [0.25, 0.3) is 0 Å². The number of ether oxygens (including phenoxy) is 1. The molecule has 0 saturated carbocycles. The number of carboxylic acids is 1. The van der Waals surface area contributed by atoms with Gasteiger partial charge in [-0.2, -0.15) is 0 Å². The molecule has 0 saturated heterocycles. The highest BCUT2D eigenvalue weighted by Crippen LogP contribution is 2.52. The van der Waals surface area contributed by atoms with Crippen molar-refractivity contribution in [2.45, 2.75) is 84.7 Å². The first-order chi connectivity index (χ1) is 18.7. The van der Waals surface area contributed by atoms with E-state index in [9.17, 15) is 24.9 Å². The molecule has 0 spiro atoms. The maximum atomic E-state index is 13.7. The van der Waals surface area contributed by atoms with Gasteiger partial charge >= 0.3 is 11.9 Å². The first kappa shape index (κ1) is 28.2. The third-order valence-corrected chi connectivity index (χ3v) is 7.57. The Hall–Kier alpha value is -3.80. The van der Waals surface area contributed by atoms with E-state index in [-0.39, 0.29) is 22.6 Å². The first-order valence-corrected chi connectivity index (χ1v) is 14.0. The molecule has 206 valence electrons. The number of benzene rings is 3. The van der Waals surface area contributed by atoms with Gasteiger partial charge in [0.15, 0.2) is 5.60 Å². The Balaban J connectivity index is 2.21. The van der Waals surface area contributed by atoms with Crippen LogP contribution in [0.3, 0.4) is 0 Å². The summed E-state index contributed by atoms with van der Waals surface area (Å²) in [5.74, 6) is -1.48. The molecule has 3 aromatic carbocycles. The maximum Gasteiger partial charge on any atom is 0.341 e. The highest BCUT2D eigenvalue weighted by Gasteiger charge is 2.52. The third-order valence-electron chi connectivity index (χ3n) is 7.57. The Morgan fingerprint density at radius 1 is 0.718 bits per heavy atom. The number of rotatable bonds is 11. The lowest BCUT2D eigenvalue weighted by Gasteiger charge is -2.35. The molecule has 1 heterocycles. The van der Waals surface area contributed by atoms with Crippen molar-refractivity contribution in [2.24, 2.45) is 0 Å². The summed E-state index contributed by atoms with van der Waals surface area (Å²) in [7, 11) is 0. The summed E-state index contributed by atoms with van der Waals surface area (Å²) < 4.78 is 6.44. The SMILES string of the molecule is CCCc1cc(C2(c3cc(CCC)c(O)cc3CCC)OC(=O)c3c(C(=O)O)cccc32)c(CCC)cc1O. The fourth-order valence-electron chi connectivity index (χ4n) is 5.93. The van der Waals surface area contributed by atoms with Gasteiger partial charge in [-0.1, -0.05) is 65.5 Å². The number of fused-ring (bicyclic) bond motifs is 1. The fraction of sp³-hybridized carbons (Fsp3) is 0.394. The zero-order valence-corrected chi connectivity index (χ0v) is 23.3. The second kappa shape index (κ2) is 11.5. The smallest absolute Gasteiger partial charge is 0.341 e. The number of carbonyl (C=O) groups excluding carboxylic acids is 1. The van der Waals surface area contributed by atoms with E-state index in [4.69, 9.17) is 4.74 Å². The molecule has 4 rings (SSSR count). The number of aromatic hydroxyl groups is 2. The van der Waals surface area contributed by atoms with Crippen LogP contribution in [0.4, 0.5) is 0 Å². The molecule has 3 aromatic rings. The molecular formula is C33H38O6. The Kier molecular flexibility index (Phi) is 8.34. The van der Waals surface area contributed by atoms with Gasteiger partial charge in [-0.25, -0.2) is 9.59 Å². The van der Waals surface area contributed by atoms with E-state index in [0.717, 1.165) is 59.1 Å². The normalized spacial score (nSPS) is 13.8. The Bertz CT molecular complexity index is 1340. The van der Waals surface area contributed by atoms with Crippen molar-refractivity contribution in [3.63, 3.8) is 0 Å². The molecule has 0 fully saturated rings. The number of carboxylic acid groups (broad SMARTS) is 1. The summed E-state index contributed by atoms with van der Waals surface area (Å²) in [5, 5.41) is 31.8. The monoisotopic (exact) mass is 530 g/mol. The van der Waals surface area contributed by atoms with Crippen LogP contribution in [0.15, 0.2) is 42.5 Å². The molecule has 39 heavy (non-hydrogen) atoms. The van der Waals surface area contributed by atoms with Gasteiger partial charge < -0.3 is 20.1 Å². The van der Waals surface area contributed by atoms with Gasteiger partial charge in [0.1, 0.15) is 11.5 Å². The Labute approximate surface area is 230 Å². The van der Waals surface area contributed by atoms with Crippen molar-refractivity contribution >= 4 is 11.9 Å². The van der Waals surface area contributed by atoms with Gasteiger partial charge in [-0.3, -0.25) is 0 Å². The second-order valence-electron chi connectivity index (χ2n) is 10.4. The van der Waals surface area contributed by atoms with Gasteiger partial charge in [0.05, 0.1) is 11.1 Å². The number of aryl methyl sites for hydroxylation is 4. The van der Waals surface area contributed by atoms with E-state index in [1.54, 1.807) is 24.3 Å². The fourth-order valence-corrected chi connectivity index (χ4v) is 5.93. The van der Waals surface area contributed by atoms with Gasteiger partial charge in [0, 0.05) is 16.7 Å². The topological polar surface area (TPSA) is 104 Å². The second-order valence-corrected chi connectivity index (χ2v) is 10.4. The zero-order valence-electron chi connectivity index (χ0n) is 23.3. The van der Waals surface area contributed by atoms with Crippen molar-refractivity contribution in [1.29, 1.82) is 0 Å². The number of carbonyl (C=O) groups is 2. The van der Waals surface area contributed by atoms with E-state index in [0.29, 0.717) is 31.2 Å². The highest BCUT2D eigenvalue weighted by atomic mass is 16.6. The molecule has 1 aliphatic heterocycles. The van der Waals surface area contributed by atoms with E-state index < -0.39 is 17.5 Å². The standard InChI is InChI=1S/C33H38O6/c1-5-10-20-18-28(34)22(12-7-3)16-26(20)33(25-15-9-14-24(31(36)37)30(25)32(38)39-33)27-17-23(13-8-4)29(35)19-21(27)11-6-2/h9,14-19,34-35H,5-8,10-13H2,1-4H3,(H,36,37). The molecule has 0 aliphatic carbocycles. The number of cyclic esters (lactones) is 1. The number of hydrogen-bond acceptors (Lipinski definition) is 5. The maximum absolute atomic E-state index is 13.7. The number of esters is 1. The molecular weight excluding hydrogens is 492 g/mol. The lowest BCUT2D eigenvalue weighted by molar-refractivity contribution is 0.0243. The summed E-state index contributed by atoms with van der Waals surface area (Å²) in [6, 6.07) is 12.3. The van der Waals surface area contributed by atoms with E-state index >= 15 is 0 Å². The Morgan fingerprint density at radius 3 is 1.62 bits per heavy atom. The highest BCUT2D eigenvalue weighted by molar-refractivity contribution is 6.06. The van der Waals surface area contributed by atoms with Crippen molar-refractivity contribution in [2.75, 3.05) is 0 Å². The van der Waals surface area contributed by atoms with Crippen LogP contribution >= 0.6 is 0 Å². The molecule has 0 bridgehead atoms. The molecule has 1 aliphatic rings. The summed E-state index contributed by atoms with van der Waals surface area (Å²) >= 11 is 0.